The van der Waals surface area contributed by atoms with Crippen molar-refractivity contribution >= 4 is 27.8 Å². The van der Waals surface area contributed by atoms with Gasteiger partial charge in [-0.3, -0.25) is 5.32 Å². The predicted octanol–water partition coefficient (Wildman–Crippen LogP) is 4.85. The summed E-state index contributed by atoms with van der Waals surface area (Å²) in [6, 6.07) is 0.535. The molecule has 22 heavy (non-hydrogen) atoms. The smallest absolute Gasteiger partial charge is 0.444 e. The topological polar surface area (TPSA) is 51.2 Å². The number of carbonyl (C=O) groups excluding carboxylic acids is 1. The second-order valence-corrected chi connectivity index (χ2v) is 6.16. The second kappa shape index (κ2) is 5.98. The Morgan fingerprint density at radius 1 is 1.23 bits per heavy atom. The molecule has 0 aliphatic rings. The van der Waals surface area contributed by atoms with Crippen molar-refractivity contribution in [1.29, 1.82) is 0 Å². The van der Waals surface area contributed by atoms with Crippen LogP contribution >= 0.6 is 15.9 Å². The van der Waals surface area contributed by atoms with Crippen LogP contribution in [0.25, 0.3) is 0 Å². The summed E-state index contributed by atoms with van der Waals surface area (Å²) in [5.74, 6) is -6.12. The Kier molecular flexibility index (Phi) is 5.05. The molecule has 0 aliphatic heterocycles. The number of hydrogen-bond acceptors (Lipinski definition) is 3. The van der Waals surface area contributed by atoms with Gasteiger partial charge >= 0.3 is 18.2 Å². The number of halogens is 6. The summed E-state index contributed by atoms with van der Waals surface area (Å²) in [7, 11) is 0. The van der Waals surface area contributed by atoms with E-state index in [0.29, 0.717) is 6.07 Å². The maximum atomic E-state index is 13.5. The summed E-state index contributed by atoms with van der Waals surface area (Å²) in [6.45, 7) is 4.52. The van der Waals surface area contributed by atoms with Gasteiger partial charge in [-0.05, 0) is 42.8 Å². The monoisotopic (exact) mass is 390 g/mol. The number of carbonyl (C=O) groups is 1. The number of rotatable bonds is 2. The van der Waals surface area contributed by atoms with Crippen LogP contribution in [0.2, 0.25) is 0 Å². The molecule has 0 saturated carbocycles. The van der Waals surface area contributed by atoms with E-state index in [1.165, 1.54) is 20.8 Å². The molecule has 10 heteroatoms. The van der Waals surface area contributed by atoms with E-state index in [0.717, 1.165) is 6.20 Å². The summed E-state index contributed by atoms with van der Waals surface area (Å²) in [5, 5.41) is 1.80. The Bertz CT molecular complexity index is 570. The first kappa shape index (κ1) is 18.6. The van der Waals surface area contributed by atoms with Gasteiger partial charge in [0.25, 0.3) is 0 Å². The highest BCUT2D eigenvalue weighted by molar-refractivity contribution is 9.10. The molecule has 0 fully saturated rings. The zero-order valence-electron chi connectivity index (χ0n) is 11.7. The number of nitrogens with one attached hydrogen (secondary N) is 1. The molecule has 0 aliphatic carbocycles. The first-order chi connectivity index (χ1) is 9.74. The molecule has 0 radical (unpaired) electrons. The van der Waals surface area contributed by atoms with E-state index in [1.807, 2.05) is 0 Å². The minimum absolute atomic E-state index is 0.0961. The fourth-order valence-corrected chi connectivity index (χ4v) is 1.66. The van der Waals surface area contributed by atoms with E-state index in [-0.39, 0.29) is 4.47 Å². The Hall–Kier alpha value is -1.45. The molecule has 0 aromatic carbocycles. The lowest BCUT2D eigenvalue weighted by Gasteiger charge is -2.23. The highest BCUT2D eigenvalue weighted by atomic mass is 79.9. The van der Waals surface area contributed by atoms with Gasteiger partial charge in [0.05, 0.1) is 5.56 Å². The van der Waals surface area contributed by atoms with Crippen LogP contribution in [0, 0.1) is 0 Å². The van der Waals surface area contributed by atoms with E-state index in [2.05, 4.69) is 20.9 Å². The molecule has 1 rings (SSSR count). The first-order valence-electron chi connectivity index (χ1n) is 5.84. The molecular formula is C12H12BrF5N2O2. The summed E-state index contributed by atoms with van der Waals surface area (Å²) >= 11 is 2.76. The van der Waals surface area contributed by atoms with Gasteiger partial charge in [-0.15, -0.1) is 0 Å². The van der Waals surface area contributed by atoms with E-state index in [4.69, 9.17) is 4.74 Å². The van der Waals surface area contributed by atoms with Crippen molar-refractivity contribution in [3.05, 3.63) is 22.3 Å². The fraction of sp³-hybridized carbons (Fsp3) is 0.500. The Balaban J connectivity index is 3.20. The van der Waals surface area contributed by atoms with Gasteiger partial charge in [0, 0.05) is 10.7 Å². The molecule has 0 saturated heterocycles. The zero-order valence-corrected chi connectivity index (χ0v) is 13.3. The van der Waals surface area contributed by atoms with Crippen LogP contribution in [0.4, 0.5) is 32.6 Å². The molecule has 124 valence electrons. The second-order valence-electron chi connectivity index (χ2n) is 5.25. The van der Waals surface area contributed by atoms with Crippen molar-refractivity contribution in [2.75, 3.05) is 5.32 Å². The maximum absolute atomic E-state index is 13.5. The van der Waals surface area contributed by atoms with Gasteiger partial charge in [0.1, 0.15) is 11.4 Å². The van der Waals surface area contributed by atoms with E-state index in [9.17, 15) is 26.7 Å². The molecule has 0 spiro atoms. The molecule has 1 N–H and O–H groups in total. The van der Waals surface area contributed by atoms with Crippen molar-refractivity contribution in [3.63, 3.8) is 0 Å². The largest absolute Gasteiger partial charge is 0.458 e. The van der Waals surface area contributed by atoms with Crippen LogP contribution < -0.4 is 5.32 Å². The van der Waals surface area contributed by atoms with Crippen LogP contribution in [0.3, 0.4) is 0 Å². The fourth-order valence-electron chi connectivity index (χ4n) is 1.33. The van der Waals surface area contributed by atoms with Crippen LogP contribution in [0.5, 0.6) is 0 Å². The van der Waals surface area contributed by atoms with Crippen LogP contribution in [-0.4, -0.2) is 22.9 Å². The van der Waals surface area contributed by atoms with Gasteiger partial charge in [-0.2, -0.15) is 22.0 Å². The third-order valence-corrected chi connectivity index (χ3v) is 2.60. The lowest BCUT2D eigenvalue weighted by molar-refractivity contribution is -0.289. The van der Waals surface area contributed by atoms with Crippen LogP contribution in [0.1, 0.15) is 26.3 Å². The summed E-state index contributed by atoms with van der Waals surface area (Å²) < 4.78 is 69.2. The van der Waals surface area contributed by atoms with Gasteiger partial charge in [-0.1, -0.05) is 0 Å². The number of hydrogen-bond donors (Lipinski definition) is 1. The molecular weight excluding hydrogens is 379 g/mol. The van der Waals surface area contributed by atoms with Crippen molar-refractivity contribution in [3.8, 4) is 0 Å². The van der Waals surface area contributed by atoms with Gasteiger partial charge < -0.3 is 4.74 Å². The number of aromatic nitrogens is 1. The van der Waals surface area contributed by atoms with E-state index < -0.39 is 35.2 Å². The Morgan fingerprint density at radius 3 is 2.23 bits per heavy atom. The van der Waals surface area contributed by atoms with Crippen molar-refractivity contribution in [2.45, 2.75) is 38.5 Å². The van der Waals surface area contributed by atoms with Crippen molar-refractivity contribution < 1.29 is 31.5 Å². The number of alkyl halides is 5. The lowest BCUT2D eigenvalue weighted by atomic mass is 10.1. The lowest BCUT2D eigenvalue weighted by Crippen LogP contribution is -2.35. The average Bonchev–Trinajstić information content (AvgIpc) is 2.27. The molecule has 1 amide bonds. The standard InChI is InChI=1S/C12H12BrF5N2O2/c1-10(2,3)22-9(21)20-8-7(4-6(13)5-19-8)11(14,15)12(16,17)18/h4-5H,1-3H3,(H,19,20,21). The van der Waals surface area contributed by atoms with Crippen LogP contribution in [0.15, 0.2) is 16.7 Å². The SMILES string of the molecule is CC(C)(C)OC(=O)Nc1ncc(Br)cc1C(F)(F)C(F)(F)F. The number of nitrogens with zero attached hydrogens (tertiary/aromatic N) is 1. The van der Waals surface area contributed by atoms with Crippen molar-refractivity contribution in [1.82, 2.24) is 4.98 Å². The van der Waals surface area contributed by atoms with Gasteiger partial charge in [0.15, 0.2) is 0 Å². The zero-order chi connectivity index (χ0) is 17.3. The Labute approximate surface area is 131 Å². The van der Waals surface area contributed by atoms with Crippen LogP contribution in [-0.2, 0) is 10.7 Å². The number of amides is 1. The number of pyridine rings is 1. The predicted molar refractivity (Wildman–Crippen MR) is 71.7 cm³/mol. The van der Waals surface area contributed by atoms with E-state index >= 15 is 0 Å². The molecule has 0 atom stereocenters. The minimum Gasteiger partial charge on any atom is -0.444 e. The Morgan fingerprint density at radius 2 is 1.77 bits per heavy atom. The molecule has 1 aromatic rings. The number of ether oxygens (including phenoxy) is 1. The molecule has 1 heterocycles. The first-order valence-corrected chi connectivity index (χ1v) is 6.64. The molecule has 1 aromatic heterocycles. The molecule has 0 bridgehead atoms. The third-order valence-electron chi connectivity index (χ3n) is 2.17. The van der Waals surface area contributed by atoms with Gasteiger partial charge in [0.2, 0.25) is 0 Å². The minimum atomic E-state index is -5.83. The normalized spacial score (nSPS) is 13.0. The molecule has 4 nitrogen and oxygen atoms in total. The highest BCUT2D eigenvalue weighted by Crippen LogP contribution is 2.46. The summed E-state index contributed by atoms with van der Waals surface area (Å²) in [5.41, 5.74) is -2.44. The third kappa shape index (κ3) is 4.52. The number of anilines is 1. The highest BCUT2D eigenvalue weighted by Gasteiger charge is 2.60. The van der Waals surface area contributed by atoms with Gasteiger partial charge in [-0.25, -0.2) is 9.78 Å². The average molecular weight is 391 g/mol. The van der Waals surface area contributed by atoms with Crippen molar-refractivity contribution in [2.24, 2.45) is 0 Å². The maximum Gasteiger partial charge on any atom is 0.458 e. The summed E-state index contributed by atoms with van der Waals surface area (Å²) in [4.78, 5) is 14.9. The quantitative estimate of drug-likeness (QED) is 0.734. The van der Waals surface area contributed by atoms with E-state index in [1.54, 1.807) is 5.32 Å². The summed E-state index contributed by atoms with van der Waals surface area (Å²) in [6.07, 6.45) is -6.05. The molecule has 0 unspecified atom stereocenters.